The maximum Gasteiger partial charge on any atom is 0.306 e. The zero-order valence-electron chi connectivity index (χ0n) is 24.3. The van der Waals surface area contributed by atoms with Crippen LogP contribution in [0.5, 0.6) is 0 Å². The summed E-state index contributed by atoms with van der Waals surface area (Å²) in [6, 6.07) is 9.92. The third-order valence-electron chi connectivity index (χ3n) is 7.41. The van der Waals surface area contributed by atoms with Crippen LogP contribution >= 0.6 is 0 Å². The van der Waals surface area contributed by atoms with Gasteiger partial charge in [-0.25, -0.2) is 0 Å². The molecule has 1 rings (SSSR count). The summed E-state index contributed by atoms with van der Waals surface area (Å²) in [5.41, 5.74) is 1.06. The molecule has 0 aliphatic rings. The number of esters is 1. The van der Waals surface area contributed by atoms with Crippen molar-refractivity contribution in [2.45, 2.75) is 168 Å². The Labute approximate surface area is 225 Å². The predicted octanol–water partition coefficient (Wildman–Crippen LogP) is 11.4. The third-order valence-corrected chi connectivity index (χ3v) is 7.41. The number of carbonyl (C=O) groups is 1. The largest absolute Gasteiger partial charge is 0.461 e. The minimum Gasteiger partial charge on any atom is -0.461 e. The summed E-state index contributed by atoms with van der Waals surface area (Å²) < 4.78 is 5.34. The molecule has 36 heavy (non-hydrogen) atoms. The lowest BCUT2D eigenvalue weighted by Gasteiger charge is -2.05. The Bertz CT molecular complexity index is 580. The lowest BCUT2D eigenvalue weighted by Crippen LogP contribution is -2.04. The molecule has 208 valence electrons. The predicted molar refractivity (Wildman–Crippen MR) is 157 cm³/mol. The summed E-state index contributed by atoms with van der Waals surface area (Å²) in [5.74, 6) is 0.825. The average molecular weight is 501 g/mol. The van der Waals surface area contributed by atoms with Gasteiger partial charge in [-0.05, 0) is 17.9 Å². The molecule has 0 N–H and O–H groups in total. The van der Waals surface area contributed by atoms with Crippen LogP contribution in [0.4, 0.5) is 0 Å². The van der Waals surface area contributed by atoms with Crippen molar-refractivity contribution in [1.82, 2.24) is 0 Å². The molecule has 1 aromatic rings. The van der Waals surface area contributed by atoms with E-state index < -0.39 is 0 Å². The molecule has 2 nitrogen and oxygen atoms in total. The molecule has 2 heteroatoms. The van der Waals surface area contributed by atoms with E-state index in [9.17, 15) is 4.79 Å². The number of rotatable bonds is 26. The van der Waals surface area contributed by atoms with Crippen molar-refractivity contribution in [2.24, 2.45) is 5.92 Å². The van der Waals surface area contributed by atoms with Crippen molar-refractivity contribution >= 4 is 5.97 Å². The Balaban J connectivity index is 1.68. The van der Waals surface area contributed by atoms with E-state index in [0.29, 0.717) is 13.0 Å². The number of unbranched alkanes of at least 4 members (excludes halogenated alkanes) is 20. The highest BCUT2D eigenvalue weighted by molar-refractivity contribution is 5.69. The zero-order valence-corrected chi connectivity index (χ0v) is 24.3. The Morgan fingerprint density at radius 1 is 0.556 bits per heavy atom. The van der Waals surface area contributed by atoms with Crippen LogP contribution in [0, 0.1) is 5.92 Å². The summed E-state index contributed by atoms with van der Waals surface area (Å²) >= 11 is 0. The van der Waals surface area contributed by atoms with E-state index >= 15 is 0 Å². The lowest BCUT2D eigenvalue weighted by molar-refractivity contribution is -0.145. The van der Waals surface area contributed by atoms with Crippen LogP contribution in [0.2, 0.25) is 0 Å². The van der Waals surface area contributed by atoms with E-state index in [1.54, 1.807) is 0 Å². The smallest absolute Gasteiger partial charge is 0.306 e. The highest BCUT2D eigenvalue weighted by Gasteiger charge is 2.03. The number of hydrogen-bond acceptors (Lipinski definition) is 2. The van der Waals surface area contributed by atoms with Gasteiger partial charge in [0.15, 0.2) is 0 Å². The van der Waals surface area contributed by atoms with Crippen LogP contribution in [-0.4, -0.2) is 5.97 Å². The molecule has 0 saturated carbocycles. The van der Waals surface area contributed by atoms with E-state index in [0.717, 1.165) is 24.3 Å². The molecule has 0 amide bonds. The molecule has 0 aliphatic heterocycles. The molecule has 0 aliphatic carbocycles. The topological polar surface area (TPSA) is 26.3 Å². The van der Waals surface area contributed by atoms with E-state index in [1.807, 2.05) is 30.3 Å². The van der Waals surface area contributed by atoms with Crippen molar-refractivity contribution in [3.05, 3.63) is 35.9 Å². The van der Waals surface area contributed by atoms with Gasteiger partial charge in [-0.2, -0.15) is 0 Å². The minimum atomic E-state index is -0.0582. The maximum atomic E-state index is 11.8. The zero-order chi connectivity index (χ0) is 25.9. The Morgan fingerprint density at radius 3 is 1.31 bits per heavy atom. The third kappa shape index (κ3) is 23.1. The molecule has 0 spiro atoms. The summed E-state index contributed by atoms with van der Waals surface area (Å²) in [6.07, 6.45) is 31.1. The number of carbonyl (C=O) groups excluding carboxylic acids is 1. The van der Waals surface area contributed by atoms with Crippen LogP contribution in [0.1, 0.15) is 167 Å². The van der Waals surface area contributed by atoms with E-state index in [1.165, 1.54) is 128 Å². The summed E-state index contributed by atoms with van der Waals surface area (Å²) in [5, 5.41) is 0. The first-order valence-electron chi connectivity index (χ1n) is 15.9. The van der Waals surface area contributed by atoms with Gasteiger partial charge < -0.3 is 4.74 Å². The SMILES string of the molecule is CC(C)CCCCCCCCCCCCCCCCCCCCCCCC(=O)OCc1ccccc1. The molecule has 0 heterocycles. The quantitative estimate of drug-likeness (QED) is 0.0933. The van der Waals surface area contributed by atoms with Gasteiger partial charge in [0.2, 0.25) is 0 Å². The fraction of sp³-hybridized carbons (Fsp3) is 0.794. The molecule has 0 bridgehead atoms. The van der Waals surface area contributed by atoms with Gasteiger partial charge in [0.05, 0.1) is 0 Å². The summed E-state index contributed by atoms with van der Waals surface area (Å²) in [7, 11) is 0. The van der Waals surface area contributed by atoms with Crippen molar-refractivity contribution in [1.29, 1.82) is 0 Å². The highest BCUT2D eigenvalue weighted by atomic mass is 16.5. The van der Waals surface area contributed by atoms with Crippen LogP contribution in [0.3, 0.4) is 0 Å². The number of benzene rings is 1. The van der Waals surface area contributed by atoms with E-state index in [4.69, 9.17) is 4.74 Å². The first-order chi connectivity index (χ1) is 17.7. The van der Waals surface area contributed by atoms with Crippen LogP contribution < -0.4 is 0 Å². The molecule has 0 aromatic heterocycles. The Kier molecular flexibility index (Phi) is 23.0. The van der Waals surface area contributed by atoms with Gasteiger partial charge in [-0.15, -0.1) is 0 Å². The number of hydrogen-bond donors (Lipinski definition) is 0. The van der Waals surface area contributed by atoms with Gasteiger partial charge in [0, 0.05) is 6.42 Å². The molecule has 0 unspecified atom stereocenters. The minimum absolute atomic E-state index is 0.0582. The highest BCUT2D eigenvalue weighted by Crippen LogP contribution is 2.16. The normalized spacial score (nSPS) is 11.3. The molecular weight excluding hydrogens is 440 g/mol. The van der Waals surface area contributed by atoms with E-state index in [-0.39, 0.29) is 5.97 Å². The number of ether oxygens (including phenoxy) is 1. The van der Waals surface area contributed by atoms with Crippen LogP contribution in [0.25, 0.3) is 0 Å². The van der Waals surface area contributed by atoms with Crippen molar-refractivity contribution in [2.75, 3.05) is 0 Å². The molecule has 0 saturated heterocycles. The molecule has 0 radical (unpaired) electrons. The fourth-order valence-corrected chi connectivity index (χ4v) is 4.99. The monoisotopic (exact) mass is 500 g/mol. The summed E-state index contributed by atoms with van der Waals surface area (Å²) in [6.45, 7) is 5.08. The van der Waals surface area contributed by atoms with Crippen LogP contribution in [0.15, 0.2) is 30.3 Å². The second kappa shape index (κ2) is 25.3. The summed E-state index contributed by atoms with van der Waals surface area (Å²) in [4.78, 5) is 11.8. The van der Waals surface area contributed by atoms with Gasteiger partial charge in [-0.1, -0.05) is 179 Å². The standard InChI is InChI=1S/C34H60O2/c1-32(2)27-23-20-18-16-14-12-10-8-6-4-3-5-7-9-11-13-15-17-19-21-26-30-34(35)36-31-33-28-24-22-25-29-33/h22,24-25,28-29,32H,3-21,23,26-27,30-31H2,1-2H3. The molecule has 1 aromatic carbocycles. The van der Waals surface area contributed by atoms with Crippen molar-refractivity contribution in [3.8, 4) is 0 Å². The molecule has 0 atom stereocenters. The average Bonchev–Trinajstić information content (AvgIpc) is 2.88. The van der Waals surface area contributed by atoms with Crippen LogP contribution in [-0.2, 0) is 16.1 Å². The molecule has 0 fully saturated rings. The Hall–Kier alpha value is -1.31. The second-order valence-corrected chi connectivity index (χ2v) is 11.5. The first kappa shape index (κ1) is 32.7. The van der Waals surface area contributed by atoms with Crippen molar-refractivity contribution < 1.29 is 9.53 Å². The lowest BCUT2D eigenvalue weighted by atomic mass is 10.0. The van der Waals surface area contributed by atoms with Gasteiger partial charge >= 0.3 is 5.97 Å². The maximum absolute atomic E-state index is 11.8. The van der Waals surface area contributed by atoms with Gasteiger partial charge in [0.1, 0.15) is 6.61 Å². The van der Waals surface area contributed by atoms with Crippen molar-refractivity contribution in [3.63, 3.8) is 0 Å². The second-order valence-electron chi connectivity index (χ2n) is 11.5. The van der Waals surface area contributed by atoms with Gasteiger partial charge in [-0.3, -0.25) is 4.79 Å². The first-order valence-corrected chi connectivity index (χ1v) is 15.9. The van der Waals surface area contributed by atoms with Gasteiger partial charge in [0.25, 0.3) is 0 Å². The van der Waals surface area contributed by atoms with E-state index in [2.05, 4.69) is 13.8 Å². The fourth-order valence-electron chi connectivity index (χ4n) is 4.99. The molecular formula is C34H60O2. The Morgan fingerprint density at radius 2 is 0.917 bits per heavy atom.